The van der Waals surface area contributed by atoms with Crippen molar-refractivity contribution in [3.05, 3.63) is 57.6 Å². The number of aromatic nitrogens is 2. The molecule has 0 bridgehead atoms. The van der Waals surface area contributed by atoms with Gasteiger partial charge in [-0.2, -0.15) is 18.3 Å². The Labute approximate surface area is 181 Å². The Morgan fingerprint density at radius 2 is 1.90 bits per heavy atom. The number of anilines is 1. The first-order chi connectivity index (χ1) is 14.3. The van der Waals surface area contributed by atoms with E-state index in [4.69, 9.17) is 27.9 Å². The topological polar surface area (TPSA) is 39.1 Å². The molecule has 0 spiro atoms. The summed E-state index contributed by atoms with van der Waals surface area (Å²) in [5, 5.41) is 8.66. The number of ether oxygens (including phenoxy) is 1. The summed E-state index contributed by atoms with van der Waals surface area (Å²) in [6.45, 7) is 0.682. The zero-order valence-electron chi connectivity index (χ0n) is 16.0. The summed E-state index contributed by atoms with van der Waals surface area (Å²) in [6, 6.07) is 8.41. The van der Waals surface area contributed by atoms with E-state index >= 15 is 0 Å². The molecule has 2 aromatic carbocycles. The van der Waals surface area contributed by atoms with Crippen molar-refractivity contribution in [3.63, 3.8) is 0 Å². The highest BCUT2D eigenvalue weighted by molar-refractivity contribution is 6.32. The molecule has 1 N–H and O–H groups in total. The molecule has 9 heteroatoms. The van der Waals surface area contributed by atoms with Gasteiger partial charge in [-0.05, 0) is 55.7 Å². The molecule has 0 atom stereocenters. The van der Waals surface area contributed by atoms with Crippen LogP contribution in [0.1, 0.15) is 24.0 Å². The normalized spacial score (nSPS) is 14.1. The van der Waals surface area contributed by atoms with Crippen LogP contribution >= 0.6 is 23.2 Å². The van der Waals surface area contributed by atoms with E-state index in [2.05, 4.69) is 10.4 Å². The Morgan fingerprint density at radius 3 is 2.63 bits per heavy atom. The molecule has 0 aliphatic carbocycles. The molecule has 1 aliphatic rings. The smallest absolute Gasteiger partial charge is 0.416 e. The highest BCUT2D eigenvalue weighted by Gasteiger charge is 2.32. The number of methoxy groups -OCH3 is 1. The highest BCUT2D eigenvalue weighted by atomic mass is 35.5. The fourth-order valence-corrected chi connectivity index (χ4v) is 3.98. The second-order valence-corrected chi connectivity index (χ2v) is 7.82. The van der Waals surface area contributed by atoms with E-state index in [9.17, 15) is 13.2 Å². The van der Waals surface area contributed by atoms with Crippen LogP contribution in [0.25, 0.3) is 16.9 Å². The van der Waals surface area contributed by atoms with Gasteiger partial charge in [0.1, 0.15) is 17.3 Å². The lowest BCUT2D eigenvalue weighted by Crippen LogP contribution is -2.10. The third-order valence-corrected chi connectivity index (χ3v) is 5.60. The van der Waals surface area contributed by atoms with Gasteiger partial charge >= 0.3 is 6.18 Å². The van der Waals surface area contributed by atoms with Crippen LogP contribution in [0.3, 0.4) is 0 Å². The molecule has 0 saturated carbocycles. The summed E-state index contributed by atoms with van der Waals surface area (Å²) in [5.41, 5.74) is 1.53. The lowest BCUT2D eigenvalue weighted by Gasteiger charge is -2.13. The minimum atomic E-state index is -4.49. The average molecular weight is 456 g/mol. The van der Waals surface area contributed by atoms with E-state index in [1.54, 1.807) is 25.3 Å². The summed E-state index contributed by atoms with van der Waals surface area (Å²) >= 11 is 12.5. The number of rotatable bonds is 3. The molecule has 2 heterocycles. The van der Waals surface area contributed by atoms with Crippen LogP contribution in [-0.2, 0) is 12.6 Å². The fourth-order valence-electron chi connectivity index (χ4n) is 3.61. The number of alkyl halides is 3. The van der Waals surface area contributed by atoms with Gasteiger partial charge in [-0.15, -0.1) is 0 Å². The largest absolute Gasteiger partial charge is 0.496 e. The molecule has 3 aromatic rings. The van der Waals surface area contributed by atoms with E-state index in [0.717, 1.165) is 30.5 Å². The predicted octanol–water partition coefficient (Wildman–Crippen LogP) is 6.62. The molecule has 0 saturated heterocycles. The van der Waals surface area contributed by atoms with E-state index < -0.39 is 11.7 Å². The first kappa shape index (κ1) is 20.9. The Hall–Kier alpha value is -2.38. The number of nitrogens with one attached hydrogen (secondary N) is 1. The monoisotopic (exact) mass is 455 g/mol. The van der Waals surface area contributed by atoms with Gasteiger partial charge in [0, 0.05) is 22.7 Å². The third-order valence-electron chi connectivity index (χ3n) is 5.05. The van der Waals surface area contributed by atoms with Crippen molar-refractivity contribution in [1.29, 1.82) is 0 Å². The Bertz CT molecular complexity index is 1100. The van der Waals surface area contributed by atoms with Crippen molar-refractivity contribution >= 4 is 29.0 Å². The van der Waals surface area contributed by atoms with Gasteiger partial charge in [0.25, 0.3) is 0 Å². The van der Waals surface area contributed by atoms with Gasteiger partial charge in [0.2, 0.25) is 0 Å². The van der Waals surface area contributed by atoms with Crippen molar-refractivity contribution in [2.24, 2.45) is 0 Å². The minimum Gasteiger partial charge on any atom is -0.496 e. The van der Waals surface area contributed by atoms with Gasteiger partial charge in [-0.1, -0.05) is 23.2 Å². The second-order valence-electron chi connectivity index (χ2n) is 6.98. The molecule has 0 fully saturated rings. The Morgan fingerprint density at radius 1 is 1.10 bits per heavy atom. The maximum Gasteiger partial charge on any atom is 0.416 e. The standard InChI is InChI=1S/C21H18Cl2F3N3O/c1-30-18-8-6-13(22)11-15(18)19-14-4-2-3-9-27-20(14)29(28-19)17-10-12(21(24,25)26)5-7-16(17)23/h5-8,10-11,27H,2-4,9H2,1H3. The Kier molecular flexibility index (Phi) is 5.59. The number of benzene rings is 2. The van der Waals surface area contributed by atoms with Crippen molar-refractivity contribution in [3.8, 4) is 22.7 Å². The summed E-state index contributed by atoms with van der Waals surface area (Å²) in [4.78, 5) is 0. The zero-order valence-corrected chi connectivity index (χ0v) is 17.5. The van der Waals surface area contributed by atoms with Crippen molar-refractivity contribution < 1.29 is 17.9 Å². The SMILES string of the molecule is COc1ccc(Cl)cc1-c1nn(-c2cc(C(F)(F)F)ccc2Cl)c2c1CCCCN2. The maximum absolute atomic E-state index is 13.3. The van der Waals surface area contributed by atoms with Gasteiger partial charge in [-0.3, -0.25) is 0 Å². The first-order valence-electron chi connectivity index (χ1n) is 9.36. The molecular formula is C21H18Cl2F3N3O. The van der Waals surface area contributed by atoms with Crippen LogP contribution in [0.5, 0.6) is 5.75 Å². The minimum absolute atomic E-state index is 0.157. The number of fused-ring (bicyclic) bond motifs is 1. The Balaban J connectivity index is 1.97. The highest BCUT2D eigenvalue weighted by Crippen LogP contribution is 2.41. The van der Waals surface area contributed by atoms with Crippen molar-refractivity contribution in [1.82, 2.24) is 9.78 Å². The molecule has 158 valence electrons. The maximum atomic E-state index is 13.3. The third kappa shape index (κ3) is 3.84. The van der Waals surface area contributed by atoms with Gasteiger partial charge in [0.05, 0.1) is 23.4 Å². The van der Waals surface area contributed by atoms with Gasteiger partial charge < -0.3 is 10.1 Å². The van der Waals surface area contributed by atoms with Crippen LogP contribution < -0.4 is 10.1 Å². The number of hydrogen-bond donors (Lipinski definition) is 1. The van der Waals surface area contributed by atoms with Crippen LogP contribution in [0.2, 0.25) is 10.0 Å². The van der Waals surface area contributed by atoms with E-state index in [1.807, 2.05) is 0 Å². The molecule has 1 aromatic heterocycles. The molecule has 0 amide bonds. The van der Waals surface area contributed by atoms with E-state index in [0.29, 0.717) is 40.8 Å². The zero-order chi connectivity index (χ0) is 21.5. The molecule has 0 unspecified atom stereocenters. The number of halogens is 5. The lowest BCUT2D eigenvalue weighted by molar-refractivity contribution is -0.137. The van der Waals surface area contributed by atoms with Gasteiger partial charge in [0.15, 0.2) is 0 Å². The van der Waals surface area contributed by atoms with Crippen molar-refractivity contribution in [2.45, 2.75) is 25.4 Å². The number of nitrogens with zero attached hydrogens (tertiary/aromatic N) is 2. The van der Waals surface area contributed by atoms with Crippen LogP contribution in [0.4, 0.5) is 19.0 Å². The molecule has 1 aliphatic heterocycles. The molecule has 4 rings (SSSR count). The van der Waals surface area contributed by atoms with E-state index in [-0.39, 0.29) is 10.7 Å². The summed E-state index contributed by atoms with van der Waals surface area (Å²) in [7, 11) is 1.55. The summed E-state index contributed by atoms with van der Waals surface area (Å²) in [6.07, 6.45) is -1.94. The number of hydrogen-bond acceptors (Lipinski definition) is 3. The molecular weight excluding hydrogens is 438 g/mol. The molecule has 4 nitrogen and oxygen atoms in total. The van der Waals surface area contributed by atoms with Crippen LogP contribution in [0.15, 0.2) is 36.4 Å². The fraction of sp³-hybridized carbons (Fsp3) is 0.286. The van der Waals surface area contributed by atoms with Crippen LogP contribution in [-0.4, -0.2) is 23.4 Å². The predicted molar refractivity (Wildman–Crippen MR) is 112 cm³/mol. The molecule has 30 heavy (non-hydrogen) atoms. The second kappa shape index (κ2) is 8.04. The summed E-state index contributed by atoms with van der Waals surface area (Å²) < 4.78 is 46.9. The van der Waals surface area contributed by atoms with Crippen LogP contribution in [0, 0.1) is 0 Å². The van der Waals surface area contributed by atoms with Gasteiger partial charge in [-0.25, -0.2) is 4.68 Å². The van der Waals surface area contributed by atoms with E-state index in [1.165, 1.54) is 10.7 Å². The quantitative estimate of drug-likeness (QED) is 0.482. The average Bonchev–Trinajstić information content (AvgIpc) is 2.88. The summed E-state index contributed by atoms with van der Waals surface area (Å²) in [5.74, 6) is 1.21. The first-order valence-corrected chi connectivity index (χ1v) is 10.1. The lowest BCUT2D eigenvalue weighted by atomic mass is 10.0. The van der Waals surface area contributed by atoms with Crippen molar-refractivity contribution in [2.75, 3.05) is 19.0 Å². The molecule has 0 radical (unpaired) electrons.